The summed E-state index contributed by atoms with van der Waals surface area (Å²) in [6.07, 6.45) is 1.11. The van der Waals surface area contributed by atoms with Gasteiger partial charge in [-0.25, -0.2) is 17.6 Å². The summed E-state index contributed by atoms with van der Waals surface area (Å²) >= 11 is 0. The van der Waals surface area contributed by atoms with E-state index >= 15 is 0 Å². The summed E-state index contributed by atoms with van der Waals surface area (Å²) < 4.78 is 41.3. The summed E-state index contributed by atoms with van der Waals surface area (Å²) in [6, 6.07) is 5.73. The van der Waals surface area contributed by atoms with Gasteiger partial charge < -0.3 is 4.74 Å². The van der Waals surface area contributed by atoms with Gasteiger partial charge in [0.25, 0.3) is 0 Å². The number of hydrogen-bond donors (Lipinski definition) is 0. The predicted molar refractivity (Wildman–Crippen MR) is 63.4 cm³/mol. The molecular weight excluding hydrogens is 259 g/mol. The van der Waals surface area contributed by atoms with Crippen LogP contribution in [0.15, 0.2) is 40.7 Å². The number of rotatable bonds is 2. The number of allylic oxidation sites excluding steroid dienone is 2. The van der Waals surface area contributed by atoms with Crippen LogP contribution in [-0.2, 0) is 19.4 Å². The van der Waals surface area contributed by atoms with Crippen LogP contribution >= 0.6 is 0 Å². The summed E-state index contributed by atoms with van der Waals surface area (Å²) in [6.45, 7) is 0. The van der Waals surface area contributed by atoms with Gasteiger partial charge in [0.1, 0.15) is 5.82 Å². The maximum Gasteiger partial charge on any atom is 0.349 e. The van der Waals surface area contributed by atoms with E-state index in [4.69, 9.17) is 0 Å². The third-order valence-corrected chi connectivity index (χ3v) is 3.91. The van der Waals surface area contributed by atoms with Gasteiger partial charge in [-0.1, -0.05) is 18.2 Å². The van der Waals surface area contributed by atoms with E-state index in [2.05, 4.69) is 4.74 Å². The zero-order chi connectivity index (χ0) is 13.3. The topological polar surface area (TPSA) is 60.4 Å². The molecule has 0 N–H and O–H groups in total. The lowest BCUT2D eigenvalue weighted by molar-refractivity contribution is -0.135. The van der Waals surface area contributed by atoms with Crippen molar-refractivity contribution in [1.82, 2.24) is 0 Å². The highest BCUT2D eigenvalue weighted by atomic mass is 32.2. The lowest BCUT2D eigenvalue weighted by atomic mass is 10.1. The quantitative estimate of drug-likeness (QED) is 0.765. The maximum absolute atomic E-state index is 13.5. The number of benzene rings is 1. The molecule has 0 saturated heterocycles. The molecule has 2 rings (SSSR count). The highest BCUT2D eigenvalue weighted by Crippen LogP contribution is 2.30. The number of halogens is 1. The Morgan fingerprint density at radius 2 is 1.94 bits per heavy atom. The van der Waals surface area contributed by atoms with Gasteiger partial charge in [0.2, 0.25) is 9.84 Å². The number of hydrogen-bond acceptors (Lipinski definition) is 4. The fourth-order valence-electron chi connectivity index (χ4n) is 1.60. The highest BCUT2D eigenvalue weighted by Gasteiger charge is 2.30. The van der Waals surface area contributed by atoms with Crippen molar-refractivity contribution < 1.29 is 22.3 Å². The predicted octanol–water partition coefficient (Wildman–Crippen LogP) is 1.65. The van der Waals surface area contributed by atoms with Gasteiger partial charge in [-0.2, -0.15) is 0 Å². The van der Waals surface area contributed by atoms with Gasteiger partial charge in [-0.3, -0.25) is 0 Å². The average Bonchev–Trinajstić information content (AvgIpc) is 2.64. The molecule has 4 nitrogen and oxygen atoms in total. The molecule has 1 heterocycles. The minimum absolute atomic E-state index is 0.125. The first kappa shape index (κ1) is 12.5. The summed E-state index contributed by atoms with van der Waals surface area (Å²) in [5, 5.41) is 0.859. The van der Waals surface area contributed by atoms with Crippen LogP contribution in [0.3, 0.4) is 0 Å². The van der Waals surface area contributed by atoms with Crippen molar-refractivity contribution in [3.8, 4) is 0 Å². The van der Waals surface area contributed by atoms with Gasteiger partial charge in [-0.15, -0.1) is 0 Å². The van der Waals surface area contributed by atoms with Gasteiger partial charge in [0, 0.05) is 11.0 Å². The van der Waals surface area contributed by atoms with E-state index in [1.54, 1.807) is 6.07 Å². The Bertz CT molecular complexity index is 671. The summed E-state index contributed by atoms with van der Waals surface area (Å²) in [4.78, 5) is 10.8. The van der Waals surface area contributed by atoms with E-state index in [0.717, 1.165) is 18.6 Å². The second-order valence-electron chi connectivity index (χ2n) is 3.60. The molecule has 0 bridgehead atoms. The summed E-state index contributed by atoms with van der Waals surface area (Å²) in [7, 11) is -2.77. The number of sulfone groups is 1. The van der Waals surface area contributed by atoms with Gasteiger partial charge in [0.15, 0.2) is 4.91 Å². The fourth-order valence-corrected chi connectivity index (χ4v) is 2.86. The van der Waals surface area contributed by atoms with Crippen LogP contribution in [0.1, 0.15) is 5.56 Å². The Balaban J connectivity index is 2.54. The molecule has 0 radical (unpaired) electrons. The Hall–Kier alpha value is -1.95. The number of ether oxygens (including phenoxy) is 1. The van der Waals surface area contributed by atoms with Crippen LogP contribution in [0.2, 0.25) is 0 Å². The van der Waals surface area contributed by atoms with Crippen molar-refractivity contribution in [3.63, 3.8) is 0 Å². The zero-order valence-corrected chi connectivity index (χ0v) is 10.2. The average molecular weight is 268 g/mol. The van der Waals surface area contributed by atoms with Crippen molar-refractivity contribution >= 4 is 21.4 Å². The molecule has 0 unspecified atom stereocenters. The third kappa shape index (κ3) is 2.06. The van der Waals surface area contributed by atoms with Gasteiger partial charge in [0.05, 0.1) is 7.11 Å². The number of methoxy groups -OCH3 is 1. The second-order valence-corrected chi connectivity index (χ2v) is 5.36. The Kier molecular flexibility index (Phi) is 3.04. The van der Waals surface area contributed by atoms with E-state index in [1.807, 2.05) is 0 Å². The second kappa shape index (κ2) is 4.38. The molecule has 0 aliphatic carbocycles. The summed E-state index contributed by atoms with van der Waals surface area (Å²) in [5.41, 5.74) is 0.258. The van der Waals surface area contributed by atoms with Crippen LogP contribution in [0.5, 0.6) is 0 Å². The van der Waals surface area contributed by atoms with Crippen LogP contribution in [0, 0.1) is 5.82 Å². The molecule has 1 aliphatic rings. The molecule has 0 aromatic heterocycles. The van der Waals surface area contributed by atoms with E-state index in [1.165, 1.54) is 18.2 Å². The fraction of sp³-hybridized carbons (Fsp3) is 0.0833. The highest BCUT2D eigenvalue weighted by molar-refractivity contribution is 7.99. The van der Waals surface area contributed by atoms with Crippen molar-refractivity contribution in [2.24, 2.45) is 0 Å². The first-order valence-corrected chi connectivity index (χ1v) is 6.52. The van der Waals surface area contributed by atoms with Crippen molar-refractivity contribution in [2.75, 3.05) is 7.11 Å². The molecule has 0 saturated carbocycles. The van der Waals surface area contributed by atoms with E-state index < -0.39 is 26.5 Å². The van der Waals surface area contributed by atoms with Crippen molar-refractivity contribution in [2.45, 2.75) is 0 Å². The van der Waals surface area contributed by atoms with E-state index in [0.29, 0.717) is 0 Å². The minimum Gasteiger partial charge on any atom is -0.465 e. The van der Waals surface area contributed by atoms with Crippen LogP contribution in [-0.4, -0.2) is 21.5 Å². The first-order valence-electron chi connectivity index (χ1n) is 4.97. The lowest BCUT2D eigenvalue weighted by Gasteiger charge is -1.99. The zero-order valence-electron chi connectivity index (χ0n) is 9.38. The van der Waals surface area contributed by atoms with E-state index in [9.17, 15) is 17.6 Å². The first-order chi connectivity index (χ1) is 8.45. The SMILES string of the molecule is COC(=O)C1=CC(c2ccccc2F)=CS1(=O)=O. The van der Waals surface area contributed by atoms with E-state index in [-0.39, 0.29) is 11.1 Å². The standard InChI is InChI=1S/C12H9FO4S/c1-17-12(14)11-6-8(7-18(11,15)16)9-4-2-3-5-10(9)13/h2-7H,1H3. The van der Waals surface area contributed by atoms with Gasteiger partial charge in [-0.05, 0) is 17.7 Å². The van der Waals surface area contributed by atoms with Crippen LogP contribution in [0.25, 0.3) is 5.57 Å². The third-order valence-electron chi connectivity index (χ3n) is 2.45. The smallest absolute Gasteiger partial charge is 0.349 e. The van der Waals surface area contributed by atoms with Gasteiger partial charge >= 0.3 is 5.97 Å². The maximum atomic E-state index is 13.5. The number of carbonyl (C=O) groups is 1. The number of carbonyl (C=O) groups excluding carboxylic acids is 1. The molecule has 0 spiro atoms. The molecule has 0 atom stereocenters. The molecule has 0 amide bonds. The largest absolute Gasteiger partial charge is 0.465 e. The Morgan fingerprint density at radius 1 is 1.28 bits per heavy atom. The molecule has 0 fully saturated rings. The Labute approximate surface area is 103 Å². The normalized spacial score (nSPS) is 17.0. The molecule has 1 aliphatic heterocycles. The minimum atomic E-state index is -3.85. The monoisotopic (exact) mass is 268 g/mol. The van der Waals surface area contributed by atoms with Crippen molar-refractivity contribution in [3.05, 3.63) is 52.0 Å². The molecule has 6 heteroatoms. The van der Waals surface area contributed by atoms with Crippen LogP contribution < -0.4 is 0 Å². The van der Waals surface area contributed by atoms with Crippen LogP contribution in [0.4, 0.5) is 4.39 Å². The molecule has 94 valence electrons. The molecule has 18 heavy (non-hydrogen) atoms. The lowest BCUT2D eigenvalue weighted by Crippen LogP contribution is -2.10. The molecule has 1 aromatic carbocycles. The molecule has 1 aromatic rings. The number of esters is 1. The summed E-state index contributed by atoms with van der Waals surface area (Å²) in [5.74, 6) is -1.51. The Morgan fingerprint density at radius 3 is 2.56 bits per heavy atom. The van der Waals surface area contributed by atoms with Crippen molar-refractivity contribution in [1.29, 1.82) is 0 Å². The molecular formula is C12H9FO4S.